The summed E-state index contributed by atoms with van der Waals surface area (Å²) in [6, 6.07) is 19.7. The Hall–Kier alpha value is -2.43. The Morgan fingerprint density at radius 1 is 0.958 bits per heavy atom. The molecule has 0 saturated carbocycles. The highest BCUT2D eigenvalue weighted by atomic mass is 35.5. The normalized spacial score (nSPS) is 11.0. The summed E-state index contributed by atoms with van der Waals surface area (Å²) in [7, 11) is 0. The van der Waals surface area contributed by atoms with E-state index in [0.717, 1.165) is 42.8 Å². The van der Waals surface area contributed by atoms with Crippen LogP contribution in [-0.2, 0) is 0 Å². The second-order valence-electron chi connectivity index (χ2n) is 5.41. The summed E-state index contributed by atoms with van der Waals surface area (Å²) >= 11 is 7.69. The molecular formula is C19H14ClN3S. The van der Waals surface area contributed by atoms with Crippen LogP contribution in [0.15, 0.2) is 76.7 Å². The smallest absolute Gasteiger partial charge is 0.138 e. The number of nitrogens with two attached hydrogens (primary N) is 1. The number of hydrogen-bond acceptors (Lipinski definition) is 3. The zero-order valence-corrected chi connectivity index (χ0v) is 14.2. The Bertz CT molecular complexity index is 991. The molecule has 2 aromatic heterocycles. The Morgan fingerprint density at radius 3 is 2.46 bits per heavy atom. The Kier molecular flexibility index (Phi) is 3.92. The van der Waals surface area contributed by atoms with E-state index in [-0.39, 0.29) is 0 Å². The van der Waals surface area contributed by atoms with E-state index in [9.17, 15) is 0 Å². The predicted octanol–water partition coefficient (Wildman–Crippen LogP) is 5.62. The summed E-state index contributed by atoms with van der Waals surface area (Å²) in [5.74, 6) is 0. The fourth-order valence-corrected chi connectivity index (χ4v) is 3.76. The van der Waals surface area contributed by atoms with Crippen LogP contribution in [0.5, 0.6) is 0 Å². The topological polar surface area (TPSA) is 54.7 Å². The molecule has 4 aromatic rings. The first-order valence-corrected chi connectivity index (χ1v) is 8.66. The summed E-state index contributed by atoms with van der Waals surface area (Å²) in [5, 5.41) is 1.84. The molecule has 5 heteroatoms. The number of rotatable bonds is 3. The molecule has 0 amide bonds. The molecule has 0 aliphatic rings. The zero-order valence-electron chi connectivity index (χ0n) is 12.7. The number of nitrogens with one attached hydrogen (secondary N) is 1. The van der Waals surface area contributed by atoms with Crippen molar-refractivity contribution in [1.82, 2.24) is 9.97 Å². The van der Waals surface area contributed by atoms with Gasteiger partial charge in [0.1, 0.15) is 5.65 Å². The first-order valence-electron chi connectivity index (χ1n) is 7.47. The SMILES string of the molecule is Nc1ccc(-c2[nH]c3ncccc3c2Sc2ccc(Cl)cc2)cc1. The van der Waals surface area contributed by atoms with E-state index in [2.05, 4.69) is 16.0 Å². The van der Waals surface area contributed by atoms with Crippen LogP contribution in [0.3, 0.4) is 0 Å². The van der Waals surface area contributed by atoms with E-state index >= 15 is 0 Å². The third-order valence-electron chi connectivity index (χ3n) is 3.76. The first-order chi connectivity index (χ1) is 11.7. The molecule has 0 aliphatic carbocycles. The number of anilines is 1. The second kappa shape index (κ2) is 6.23. The number of fused-ring (bicyclic) bond motifs is 1. The maximum atomic E-state index is 5.99. The van der Waals surface area contributed by atoms with Crippen molar-refractivity contribution >= 4 is 40.1 Å². The highest BCUT2D eigenvalue weighted by Crippen LogP contribution is 2.41. The van der Waals surface area contributed by atoms with E-state index in [1.54, 1.807) is 18.0 Å². The van der Waals surface area contributed by atoms with Crippen LogP contribution in [0, 0.1) is 0 Å². The van der Waals surface area contributed by atoms with Crippen molar-refractivity contribution in [3.63, 3.8) is 0 Å². The summed E-state index contributed by atoms with van der Waals surface area (Å²) in [4.78, 5) is 10.1. The number of aromatic amines is 1. The van der Waals surface area contributed by atoms with E-state index in [0.29, 0.717) is 0 Å². The van der Waals surface area contributed by atoms with Crippen molar-refractivity contribution < 1.29 is 0 Å². The van der Waals surface area contributed by atoms with Crippen molar-refractivity contribution in [2.24, 2.45) is 0 Å². The molecule has 3 N–H and O–H groups in total. The number of benzene rings is 2. The van der Waals surface area contributed by atoms with Crippen LogP contribution in [0.2, 0.25) is 5.02 Å². The van der Waals surface area contributed by atoms with Gasteiger partial charge in [0.05, 0.1) is 5.69 Å². The molecule has 0 saturated heterocycles. The minimum Gasteiger partial charge on any atom is -0.399 e. The van der Waals surface area contributed by atoms with Crippen LogP contribution in [0.1, 0.15) is 0 Å². The van der Waals surface area contributed by atoms with Gasteiger partial charge in [0.25, 0.3) is 0 Å². The van der Waals surface area contributed by atoms with Crippen LogP contribution < -0.4 is 5.73 Å². The van der Waals surface area contributed by atoms with Gasteiger partial charge in [-0.25, -0.2) is 4.98 Å². The molecule has 0 fully saturated rings. The van der Waals surface area contributed by atoms with Gasteiger partial charge in [-0.1, -0.05) is 35.5 Å². The summed E-state index contributed by atoms with van der Waals surface area (Å²) in [6.07, 6.45) is 1.79. The number of pyridine rings is 1. The highest BCUT2D eigenvalue weighted by Gasteiger charge is 2.15. The van der Waals surface area contributed by atoms with Crippen molar-refractivity contribution in [1.29, 1.82) is 0 Å². The standard InChI is InChI=1S/C19H14ClN3S/c20-13-5-9-15(10-6-13)24-18-16-2-1-11-22-19(16)23-17(18)12-3-7-14(21)8-4-12/h1-11H,21H2,(H,22,23). The lowest BCUT2D eigenvalue weighted by molar-refractivity contribution is 1.32. The lowest BCUT2D eigenvalue weighted by Crippen LogP contribution is -1.85. The highest BCUT2D eigenvalue weighted by molar-refractivity contribution is 7.99. The maximum absolute atomic E-state index is 5.99. The number of hydrogen-bond donors (Lipinski definition) is 2. The van der Waals surface area contributed by atoms with Crippen molar-refractivity contribution in [2.45, 2.75) is 9.79 Å². The summed E-state index contributed by atoms with van der Waals surface area (Å²) in [6.45, 7) is 0. The second-order valence-corrected chi connectivity index (χ2v) is 6.93. The lowest BCUT2D eigenvalue weighted by atomic mass is 10.1. The molecule has 0 unspecified atom stereocenters. The number of H-pyrrole nitrogens is 1. The van der Waals surface area contributed by atoms with E-state index < -0.39 is 0 Å². The van der Waals surface area contributed by atoms with E-state index in [4.69, 9.17) is 17.3 Å². The van der Waals surface area contributed by atoms with Gasteiger partial charge in [0.15, 0.2) is 0 Å². The van der Waals surface area contributed by atoms with Crippen molar-refractivity contribution in [2.75, 3.05) is 5.73 Å². The zero-order chi connectivity index (χ0) is 16.5. The van der Waals surface area contributed by atoms with Gasteiger partial charge in [0.2, 0.25) is 0 Å². The molecule has 24 heavy (non-hydrogen) atoms. The average molecular weight is 352 g/mol. The molecule has 2 heterocycles. The molecule has 0 spiro atoms. The monoisotopic (exact) mass is 351 g/mol. The summed E-state index contributed by atoms with van der Waals surface area (Å²) in [5.41, 5.74) is 9.57. The first kappa shape index (κ1) is 15.1. The van der Waals surface area contributed by atoms with Crippen LogP contribution in [0.4, 0.5) is 5.69 Å². The van der Waals surface area contributed by atoms with Crippen LogP contribution in [-0.4, -0.2) is 9.97 Å². The van der Waals surface area contributed by atoms with Gasteiger partial charge in [0, 0.05) is 32.1 Å². The Morgan fingerprint density at radius 2 is 1.71 bits per heavy atom. The molecule has 2 aromatic carbocycles. The van der Waals surface area contributed by atoms with Gasteiger partial charge in [-0.2, -0.15) is 0 Å². The van der Waals surface area contributed by atoms with Gasteiger partial charge in [-0.05, 0) is 54.1 Å². The molecule has 0 radical (unpaired) electrons. The molecular weight excluding hydrogens is 338 g/mol. The minimum atomic E-state index is 0.735. The Labute approximate surface area is 148 Å². The number of nitrogens with zero attached hydrogens (tertiary/aromatic N) is 1. The minimum absolute atomic E-state index is 0.735. The molecule has 3 nitrogen and oxygen atoms in total. The fourth-order valence-electron chi connectivity index (χ4n) is 2.58. The van der Waals surface area contributed by atoms with Crippen molar-refractivity contribution in [3.8, 4) is 11.3 Å². The quantitative estimate of drug-likeness (QED) is 0.471. The van der Waals surface area contributed by atoms with Crippen LogP contribution >= 0.6 is 23.4 Å². The van der Waals surface area contributed by atoms with Crippen LogP contribution in [0.25, 0.3) is 22.3 Å². The van der Waals surface area contributed by atoms with Gasteiger partial charge in [-0.3, -0.25) is 0 Å². The molecule has 0 atom stereocenters. The number of nitrogen functional groups attached to an aromatic ring is 1. The molecule has 4 rings (SSSR count). The molecule has 0 aliphatic heterocycles. The van der Waals surface area contributed by atoms with E-state index in [1.807, 2.05) is 54.6 Å². The van der Waals surface area contributed by atoms with Crippen molar-refractivity contribution in [3.05, 3.63) is 71.9 Å². The molecule has 118 valence electrons. The summed E-state index contributed by atoms with van der Waals surface area (Å²) < 4.78 is 0. The number of aromatic nitrogens is 2. The predicted molar refractivity (Wildman–Crippen MR) is 102 cm³/mol. The fraction of sp³-hybridized carbons (Fsp3) is 0. The third-order valence-corrected chi connectivity index (χ3v) is 5.14. The molecule has 0 bridgehead atoms. The maximum Gasteiger partial charge on any atom is 0.138 e. The van der Waals surface area contributed by atoms with Gasteiger partial charge >= 0.3 is 0 Å². The lowest BCUT2D eigenvalue weighted by Gasteiger charge is -2.06. The number of halogens is 1. The van der Waals surface area contributed by atoms with Gasteiger partial charge < -0.3 is 10.7 Å². The average Bonchev–Trinajstić information content (AvgIpc) is 2.96. The third kappa shape index (κ3) is 2.86. The Balaban J connectivity index is 1.86. The van der Waals surface area contributed by atoms with E-state index in [1.165, 1.54) is 0 Å². The van der Waals surface area contributed by atoms with Gasteiger partial charge in [-0.15, -0.1) is 0 Å². The largest absolute Gasteiger partial charge is 0.399 e.